The van der Waals surface area contributed by atoms with Gasteiger partial charge in [0.2, 0.25) is 0 Å². The maximum Gasteiger partial charge on any atom is 0.343 e. The van der Waals surface area contributed by atoms with Crippen LogP contribution < -0.4 is 14.9 Å². The number of nitrogens with one attached hydrogen (secondary N) is 1. The number of aryl methyl sites for hydroxylation is 1. The van der Waals surface area contributed by atoms with Crippen LogP contribution in [-0.4, -0.2) is 39.1 Å². The number of hydrogen-bond acceptors (Lipinski definition) is 9. The van der Waals surface area contributed by atoms with Crippen molar-refractivity contribution in [2.45, 2.75) is 6.92 Å². The van der Waals surface area contributed by atoms with Crippen LogP contribution >= 0.6 is 24.0 Å². The predicted molar refractivity (Wildman–Crippen MR) is 145 cm³/mol. The number of amides is 2. The molecule has 0 unspecified atom stereocenters. The molecule has 1 heterocycles. The average molecular weight is 550 g/mol. The molecule has 192 valence electrons. The maximum absolute atomic E-state index is 12.9. The van der Waals surface area contributed by atoms with E-state index in [-0.39, 0.29) is 32.0 Å². The highest BCUT2D eigenvalue weighted by Crippen LogP contribution is 2.34. The molecule has 0 saturated carbocycles. The van der Waals surface area contributed by atoms with Gasteiger partial charge in [0, 0.05) is 17.7 Å². The van der Waals surface area contributed by atoms with Gasteiger partial charge in [0.25, 0.3) is 17.5 Å². The van der Waals surface area contributed by atoms with Crippen LogP contribution in [0.4, 0.5) is 5.69 Å². The zero-order valence-electron chi connectivity index (χ0n) is 20.0. The number of hydrogen-bond donors (Lipinski definition) is 1. The number of hydrazine groups is 1. The molecule has 0 radical (unpaired) electrons. The average Bonchev–Trinajstić information content (AvgIpc) is 3.16. The summed E-state index contributed by atoms with van der Waals surface area (Å²) in [5, 5.41) is 11.8. The number of nitro groups is 1. The van der Waals surface area contributed by atoms with Gasteiger partial charge in [0.05, 0.1) is 22.5 Å². The Balaban J connectivity index is 1.48. The van der Waals surface area contributed by atoms with E-state index in [4.69, 9.17) is 21.7 Å². The number of nitro benzene ring substituents is 1. The Morgan fingerprint density at radius 3 is 2.32 bits per heavy atom. The largest absolute Gasteiger partial charge is 0.493 e. The number of nitrogens with zero attached hydrogens (tertiary/aromatic N) is 2. The molecular formula is C26H19N3O7S2. The van der Waals surface area contributed by atoms with E-state index in [1.54, 1.807) is 42.5 Å². The van der Waals surface area contributed by atoms with Gasteiger partial charge in [-0.25, -0.2) is 4.79 Å². The zero-order valence-corrected chi connectivity index (χ0v) is 21.6. The smallest absolute Gasteiger partial charge is 0.343 e. The molecule has 3 aromatic carbocycles. The first-order chi connectivity index (χ1) is 18.2. The molecule has 0 aromatic heterocycles. The summed E-state index contributed by atoms with van der Waals surface area (Å²) in [4.78, 5) is 48.5. The Kier molecular flexibility index (Phi) is 7.84. The normalized spacial score (nSPS) is 13.9. The molecular weight excluding hydrogens is 530 g/mol. The van der Waals surface area contributed by atoms with Crippen molar-refractivity contribution in [2.24, 2.45) is 0 Å². The van der Waals surface area contributed by atoms with E-state index in [0.29, 0.717) is 11.1 Å². The summed E-state index contributed by atoms with van der Waals surface area (Å²) in [5.41, 5.74) is 4.45. The molecule has 4 rings (SSSR count). The Hall–Kier alpha value is -4.55. The van der Waals surface area contributed by atoms with Crippen LogP contribution in [0.1, 0.15) is 31.8 Å². The van der Waals surface area contributed by atoms with E-state index in [9.17, 15) is 24.5 Å². The first-order valence-corrected chi connectivity index (χ1v) is 12.2. The molecule has 12 heteroatoms. The summed E-state index contributed by atoms with van der Waals surface area (Å²) in [6.45, 7) is 1.90. The molecule has 2 amide bonds. The van der Waals surface area contributed by atoms with Crippen LogP contribution in [0, 0.1) is 17.0 Å². The summed E-state index contributed by atoms with van der Waals surface area (Å²) in [6, 6.07) is 16.6. The van der Waals surface area contributed by atoms with Crippen molar-refractivity contribution in [2.75, 3.05) is 7.11 Å². The van der Waals surface area contributed by atoms with E-state index < -0.39 is 22.7 Å². The molecule has 0 bridgehead atoms. The second-order valence-electron chi connectivity index (χ2n) is 7.93. The number of benzene rings is 3. The van der Waals surface area contributed by atoms with Crippen molar-refractivity contribution >= 4 is 57.8 Å². The molecule has 0 aliphatic carbocycles. The topological polar surface area (TPSA) is 128 Å². The third-order valence-corrected chi connectivity index (χ3v) is 6.62. The lowest BCUT2D eigenvalue weighted by molar-refractivity contribution is -0.384. The van der Waals surface area contributed by atoms with Crippen molar-refractivity contribution in [1.82, 2.24) is 10.4 Å². The van der Waals surface area contributed by atoms with E-state index in [0.717, 1.165) is 22.3 Å². The lowest BCUT2D eigenvalue weighted by Gasteiger charge is -2.15. The lowest BCUT2D eigenvalue weighted by Crippen LogP contribution is -2.44. The number of carbonyl (C=O) groups excluding carboxylic acids is 3. The van der Waals surface area contributed by atoms with Gasteiger partial charge in [-0.15, -0.1) is 0 Å². The molecule has 10 nitrogen and oxygen atoms in total. The van der Waals surface area contributed by atoms with Crippen molar-refractivity contribution in [3.8, 4) is 11.5 Å². The third-order valence-electron chi connectivity index (χ3n) is 5.32. The summed E-state index contributed by atoms with van der Waals surface area (Å²) in [5.74, 6) is -1.35. The molecule has 1 aliphatic heterocycles. The first kappa shape index (κ1) is 26.5. The van der Waals surface area contributed by atoms with E-state index in [2.05, 4.69) is 5.43 Å². The van der Waals surface area contributed by atoms with Crippen LogP contribution in [0.15, 0.2) is 71.6 Å². The fourth-order valence-electron chi connectivity index (χ4n) is 3.32. The van der Waals surface area contributed by atoms with Gasteiger partial charge < -0.3 is 9.47 Å². The minimum absolute atomic E-state index is 0.117. The number of esters is 1. The summed E-state index contributed by atoms with van der Waals surface area (Å²) < 4.78 is 10.9. The monoisotopic (exact) mass is 549 g/mol. The van der Waals surface area contributed by atoms with Crippen LogP contribution in [0.5, 0.6) is 11.5 Å². The predicted octanol–water partition coefficient (Wildman–Crippen LogP) is 4.68. The Morgan fingerprint density at radius 2 is 1.68 bits per heavy atom. The van der Waals surface area contributed by atoms with Crippen LogP contribution in [-0.2, 0) is 4.79 Å². The van der Waals surface area contributed by atoms with Crippen molar-refractivity contribution in [3.63, 3.8) is 0 Å². The van der Waals surface area contributed by atoms with Gasteiger partial charge >= 0.3 is 5.97 Å². The highest BCUT2D eigenvalue weighted by atomic mass is 32.2. The Bertz CT molecular complexity index is 1490. The highest BCUT2D eigenvalue weighted by Gasteiger charge is 2.34. The number of ether oxygens (including phenoxy) is 2. The van der Waals surface area contributed by atoms with Gasteiger partial charge in [-0.3, -0.25) is 25.1 Å². The quantitative estimate of drug-likeness (QED) is 0.112. The second-order valence-corrected chi connectivity index (χ2v) is 9.60. The fourth-order valence-corrected chi connectivity index (χ4v) is 4.50. The fraction of sp³-hybridized carbons (Fsp3) is 0.0769. The molecule has 1 aliphatic rings. The summed E-state index contributed by atoms with van der Waals surface area (Å²) >= 11 is 6.30. The van der Waals surface area contributed by atoms with Gasteiger partial charge in [-0.1, -0.05) is 35.5 Å². The number of non-ortho nitro benzene ring substituents is 1. The number of thiocarbonyl (C=S) groups is 1. The maximum atomic E-state index is 12.9. The molecule has 1 N–H and O–H groups in total. The Labute approximate surface area is 226 Å². The molecule has 3 aromatic rings. The molecule has 0 spiro atoms. The molecule has 1 saturated heterocycles. The minimum Gasteiger partial charge on any atom is -0.493 e. The van der Waals surface area contributed by atoms with Crippen molar-refractivity contribution < 1.29 is 28.8 Å². The van der Waals surface area contributed by atoms with Crippen molar-refractivity contribution in [3.05, 3.63) is 104 Å². The third kappa shape index (κ3) is 5.88. The van der Waals surface area contributed by atoms with Crippen LogP contribution in [0.3, 0.4) is 0 Å². The second kappa shape index (κ2) is 11.2. The van der Waals surface area contributed by atoms with E-state index in [1.165, 1.54) is 37.4 Å². The van der Waals surface area contributed by atoms with E-state index >= 15 is 0 Å². The van der Waals surface area contributed by atoms with Crippen molar-refractivity contribution in [1.29, 1.82) is 0 Å². The van der Waals surface area contributed by atoms with E-state index in [1.807, 2.05) is 6.92 Å². The molecule has 38 heavy (non-hydrogen) atoms. The molecule has 1 fully saturated rings. The SMILES string of the molecule is COc1cc(/C=C2\SC(=S)N(NC(=O)c3ccc(C)cc3)C2=O)ccc1OC(=O)c1ccc([N+](=O)[O-])cc1. The number of methoxy groups -OCH3 is 1. The first-order valence-electron chi connectivity index (χ1n) is 11.0. The number of rotatable bonds is 7. The van der Waals surface area contributed by atoms with Gasteiger partial charge in [-0.05, 0) is 67.2 Å². The minimum atomic E-state index is -0.726. The lowest BCUT2D eigenvalue weighted by atomic mass is 10.1. The van der Waals surface area contributed by atoms with Crippen LogP contribution in [0.25, 0.3) is 6.08 Å². The van der Waals surface area contributed by atoms with Gasteiger partial charge in [0.15, 0.2) is 15.8 Å². The summed E-state index contributed by atoms with van der Waals surface area (Å²) in [7, 11) is 1.39. The number of thioether (sulfide) groups is 1. The zero-order chi connectivity index (χ0) is 27.4. The summed E-state index contributed by atoms with van der Waals surface area (Å²) in [6.07, 6.45) is 1.57. The number of carbonyl (C=O) groups is 3. The van der Waals surface area contributed by atoms with Gasteiger partial charge in [-0.2, -0.15) is 5.01 Å². The van der Waals surface area contributed by atoms with Crippen LogP contribution in [0.2, 0.25) is 0 Å². The molecule has 0 atom stereocenters. The standard InChI is InChI=1S/C26H19N3O7S2/c1-15-3-6-17(7-4-15)23(30)27-28-24(31)22(38-26(28)37)14-16-5-12-20(21(13-16)35-2)36-25(32)18-8-10-19(11-9-18)29(33)34/h3-14H,1-2H3,(H,27,30)/b22-14-. The van der Waals surface area contributed by atoms with Gasteiger partial charge in [0.1, 0.15) is 0 Å². The highest BCUT2D eigenvalue weighted by molar-refractivity contribution is 8.26. The Morgan fingerprint density at radius 1 is 1.03 bits per heavy atom.